The second kappa shape index (κ2) is 6.61. The van der Waals surface area contributed by atoms with Crippen LogP contribution in [0.25, 0.3) is 0 Å². The maximum Gasteiger partial charge on any atom is 0.215 e. The summed E-state index contributed by atoms with van der Waals surface area (Å²) in [5, 5.41) is 3.27. The molecule has 2 aromatic heterocycles. The molecular weight excluding hydrogens is 268 g/mol. The van der Waals surface area contributed by atoms with Crippen molar-refractivity contribution in [2.45, 2.75) is 13.3 Å². The Bertz CT molecular complexity index is 501. The summed E-state index contributed by atoms with van der Waals surface area (Å²) >= 11 is 7.50. The standard InChI is InChI=1S/C13H15ClN2OS/c1-2-17-13-5-3-4-12(16-13)15-9-8-10-6-7-11(14)18-10/h3-7H,2,8-9H2,1H3,(H,15,16). The zero-order valence-corrected chi connectivity index (χ0v) is 11.7. The molecule has 0 aliphatic rings. The van der Waals surface area contributed by atoms with Gasteiger partial charge in [-0.1, -0.05) is 17.7 Å². The molecule has 96 valence electrons. The predicted molar refractivity (Wildman–Crippen MR) is 76.9 cm³/mol. The van der Waals surface area contributed by atoms with Gasteiger partial charge < -0.3 is 10.1 Å². The predicted octanol–water partition coefficient (Wildman–Crippen LogP) is 3.85. The van der Waals surface area contributed by atoms with E-state index in [9.17, 15) is 0 Å². The molecule has 0 amide bonds. The van der Waals surface area contributed by atoms with Gasteiger partial charge in [-0.3, -0.25) is 0 Å². The molecule has 1 N–H and O–H groups in total. The van der Waals surface area contributed by atoms with Crippen LogP contribution in [0.3, 0.4) is 0 Å². The van der Waals surface area contributed by atoms with Crippen molar-refractivity contribution in [2.24, 2.45) is 0 Å². The van der Waals surface area contributed by atoms with Crippen LogP contribution in [0.4, 0.5) is 5.82 Å². The van der Waals surface area contributed by atoms with Gasteiger partial charge in [0.25, 0.3) is 0 Å². The van der Waals surface area contributed by atoms with E-state index in [1.54, 1.807) is 11.3 Å². The molecule has 0 unspecified atom stereocenters. The van der Waals surface area contributed by atoms with Gasteiger partial charge in [0, 0.05) is 17.5 Å². The number of hydrogen-bond acceptors (Lipinski definition) is 4. The van der Waals surface area contributed by atoms with Crippen molar-refractivity contribution in [1.29, 1.82) is 0 Å². The largest absolute Gasteiger partial charge is 0.478 e. The van der Waals surface area contributed by atoms with Gasteiger partial charge in [-0.15, -0.1) is 11.3 Å². The van der Waals surface area contributed by atoms with E-state index < -0.39 is 0 Å². The van der Waals surface area contributed by atoms with E-state index in [2.05, 4.69) is 16.4 Å². The van der Waals surface area contributed by atoms with Crippen LogP contribution in [0.5, 0.6) is 5.88 Å². The second-order valence-electron chi connectivity index (χ2n) is 3.68. The Balaban J connectivity index is 1.84. The van der Waals surface area contributed by atoms with Gasteiger partial charge in [0.05, 0.1) is 10.9 Å². The average molecular weight is 283 g/mol. The van der Waals surface area contributed by atoms with Crippen LogP contribution in [0, 0.1) is 0 Å². The molecule has 2 rings (SSSR count). The lowest BCUT2D eigenvalue weighted by atomic mass is 10.3. The molecular formula is C13H15ClN2OS. The van der Waals surface area contributed by atoms with Crippen LogP contribution in [0.2, 0.25) is 4.34 Å². The van der Waals surface area contributed by atoms with E-state index in [1.807, 2.05) is 31.2 Å². The first-order valence-electron chi connectivity index (χ1n) is 5.86. The highest BCUT2D eigenvalue weighted by molar-refractivity contribution is 7.16. The van der Waals surface area contributed by atoms with Gasteiger partial charge in [-0.05, 0) is 31.5 Å². The third kappa shape index (κ3) is 3.89. The van der Waals surface area contributed by atoms with Crippen LogP contribution >= 0.6 is 22.9 Å². The van der Waals surface area contributed by atoms with Crippen LogP contribution in [-0.4, -0.2) is 18.1 Å². The summed E-state index contributed by atoms with van der Waals surface area (Å²) in [7, 11) is 0. The maximum atomic E-state index is 5.88. The molecule has 2 aromatic rings. The minimum absolute atomic E-state index is 0.629. The number of aromatic nitrogens is 1. The summed E-state index contributed by atoms with van der Waals surface area (Å²) in [4.78, 5) is 5.61. The molecule has 18 heavy (non-hydrogen) atoms. The molecule has 0 aromatic carbocycles. The number of hydrogen-bond donors (Lipinski definition) is 1. The Morgan fingerprint density at radius 2 is 2.22 bits per heavy atom. The normalized spacial score (nSPS) is 10.3. The van der Waals surface area contributed by atoms with Crippen molar-refractivity contribution in [3.05, 3.63) is 39.5 Å². The monoisotopic (exact) mass is 282 g/mol. The second-order valence-corrected chi connectivity index (χ2v) is 5.48. The van der Waals surface area contributed by atoms with E-state index >= 15 is 0 Å². The molecule has 2 heterocycles. The van der Waals surface area contributed by atoms with Gasteiger partial charge in [-0.25, -0.2) is 0 Å². The van der Waals surface area contributed by atoms with Crippen molar-refractivity contribution < 1.29 is 4.74 Å². The smallest absolute Gasteiger partial charge is 0.215 e. The first-order valence-corrected chi connectivity index (χ1v) is 7.05. The zero-order valence-electron chi connectivity index (χ0n) is 10.1. The summed E-state index contributed by atoms with van der Waals surface area (Å²) in [5.74, 6) is 1.49. The summed E-state index contributed by atoms with van der Waals surface area (Å²) in [6.45, 7) is 3.41. The Labute approximate surface area is 116 Å². The summed E-state index contributed by atoms with van der Waals surface area (Å²) in [6.07, 6.45) is 0.942. The lowest BCUT2D eigenvalue weighted by molar-refractivity contribution is 0.327. The molecule has 0 radical (unpaired) electrons. The highest BCUT2D eigenvalue weighted by Crippen LogP contribution is 2.21. The molecule has 0 atom stereocenters. The molecule has 0 saturated carbocycles. The van der Waals surface area contributed by atoms with E-state index in [1.165, 1.54) is 4.88 Å². The molecule has 0 saturated heterocycles. The van der Waals surface area contributed by atoms with E-state index in [0.29, 0.717) is 12.5 Å². The summed E-state index contributed by atoms with van der Waals surface area (Å²) < 4.78 is 6.18. The van der Waals surface area contributed by atoms with Gasteiger partial charge in [-0.2, -0.15) is 4.98 Å². The zero-order chi connectivity index (χ0) is 12.8. The maximum absolute atomic E-state index is 5.88. The molecule has 5 heteroatoms. The number of nitrogens with zero attached hydrogens (tertiary/aromatic N) is 1. The Kier molecular flexibility index (Phi) is 4.84. The Morgan fingerprint density at radius 1 is 1.33 bits per heavy atom. The number of pyridine rings is 1. The SMILES string of the molecule is CCOc1cccc(NCCc2ccc(Cl)s2)n1. The topological polar surface area (TPSA) is 34.1 Å². The van der Waals surface area contributed by atoms with E-state index in [-0.39, 0.29) is 0 Å². The highest BCUT2D eigenvalue weighted by Gasteiger charge is 2.00. The molecule has 0 aliphatic heterocycles. The van der Waals surface area contributed by atoms with Gasteiger partial charge in [0.2, 0.25) is 5.88 Å². The molecule has 0 spiro atoms. The number of thiophene rings is 1. The Hall–Kier alpha value is -1.26. The fourth-order valence-corrected chi connectivity index (χ4v) is 2.63. The minimum Gasteiger partial charge on any atom is -0.478 e. The number of rotatable bonds is 6. The van der Waals surface area contributed by atoms with Crippen LogP contribution in [0.15, 0.2) is 30.3 Å². The number of nitrogens with one attached hydrogen (secondary N) is 1. The fraction of sp³-hybridized carbons (Fsp3) is 0.308. The lowest BCUT2D eigenvalue weighted by Gasteiger charge is -2.06. The van der Waals surface area contributed by atoms with E-state index in [0.717, 1.165) is 23.1 Å². The van der Waals surface area contributed by atoms with Gasteiger partial charge >= 0.3 is 0 Å². The van der Waals surface area contributed by atoms with Crippen molar-refractivity contribution in [3.8, 4) is 5.88 Å². The van der Waals surface area contributed by atoms with Gasteiger partial charge in [0.1, 0.15) is 5.82 Å². The minimum atomic E-state index is 0.629. The first kappa shape index (κ1) is 13.2. The van der Waals surface area contributed by atoms with E-state index in [4.69, 9.17) is 16.3 Å². The lowest BCUT2D eigenvalue weighted by Crippen LogP contribution is -2.06. The number of anilines is 1. The first-order chi connectivity index (χ1) is 8.78. The third-order valence-corrected chi connectivity index (χ3v) is 3.61. The quantitative estimate of drug-likeness (QED) is 0.874. The number of ether oxygens (including phenoxy) is 1. The number of halogens is 1. The average Bonchev–Trinajstić information content (AvgIpc) is 2.76. The van der Waals surface area contributed by atoms with Crippen molar-refractivity contribution in [3.63, 3.8) is 0 Å². The molecule has 0 fully saturated rings. The van der Waals surface area contributed by atoms with Crippen LogP contribution < -0.4 is 10.1 Å². The molecule has 0 bridgehead atoms. The molecule has 0 aliphatic carbocycles. The third-order valence-electron chi connectivity index (χ3n) is 2.32. The Morgan fingerprint density at radius 3 is 2.94 bits per heavy atom. The van der Waals surface area contributed by atoms with Gasteiger partial charge in [0.15, 0.2) is 0 Å². The van der Waals surface area contributed by atoms with Crippen molar-refractivity contribution >= 4 is 28.8 Å². The van der Waals surface area contributed by atoms with Crippen LogP contribution in [-0.2, 0) is 6.42 Å². The summed E-state index contributed by atoms with van der Waals surface area (Å²) in [6, 6.07) is 9.70. The van der Waals surface area contributed by atoms with Crippen LogP contribution in [0.1, 0.15) is 11.8 Å². The van der Waals surface area contributed by atoms with Crippen molar-refractivity contribution in [1.82, 2.24) is 4.98 Å². The fourth-order valence-electron chi connectivity index (χ4n) is 1.54. The van der Waals surface area contributed by atoms with Crippen molar-refractivity contribution in [2.75, 3.05) is 18.5 Å². The highest BCUT2D eigenvalue weighted by atomic mass is 35.5. The summed E-state index contributed by atoms with van der Waals surface area (Å²) in [5.41, 5.74) is 0. The molecule has 3 nitrogen and oxygen atoms in total.